The van der Waals surface area contributed by atoms with E-state index in [9.17, 15) is 4.39 Å². The topological polar surface area (TPSA) is 0 Å². The van der Waals surface area contributed by atoms with Crippen LogP contribution in [0.15, 0.2) is 0 Å². The maximum Gasteiger partial charge on any atom is 0.103 e. The molecule has 0 amide bonds. The minimum absolute atomic E-state index is 0.162. The molecule has 0 saturated carbocycles. The Balaban J connectivity index is 4.23. The van der Waals surface area contributed by atoms with Gasteiger partial charge in [0.1, 0.15) is 6.17 Å². The molecule has 0 N–H and O–H groups in total. The molecule has 0 spiro atoms. The number of hydrogen-bond acceptors (Lipinski definition) is 0. The van der Waals surface area contributed by atoms with E-state index in [1.54, 1.807) is 6.92 Å². The van der Waals surface area contributed by atoms with Crippen molar-refractivity contribution in [1.29, 1.82) is 0 Å². The summed E-state index contributed by atoms with van der Waals surface area (Å²) in [4.78, 5) is 0. The Hall–Kier alpha value is 0.360. The fraction of sp³-hybridized carbons (Fsp3) is 1.00. The lowest BCUT2D eigenvalue weighted by Crippen LogP contribution is -2.33. The highest BCUT2D eigenvalue weighted by molar-refractivity contribution is 7.17. The molecule has 0 rings (SSSR count). The molecule has 4 unspecified atom stereocenters. The summed E-state index contributed by atoms with van der Waals surface area (Å²) in [5, 5.41) is 0. The SMILES string of the molecule is CCC(C)(C(C)F)C(C)P. The van der Waals surface area contributed by atoms with E-state index in [2.05, 4.69) is 9.24 Å². The highest BCUT2D eigenvalue weighted by Crippen LogP contribution is 2.36. The van der Waals surface area contributed by atoms with Gasteiger partial charge in [-0.05, 0) is 19.0 Å². The Kier molecular flexibility index (Phi) is 3.80. The number of alkyl halides is 1. The maximum absolute atomic E-state index is 13.0. The molecule has 0 radical (unpaired) electrons. The van der Waals surface area contributed by atoms with Gasteiger partial charge in [-0.2, -0.15) is 0 Å². The number of hydrogen-bond donors (Lipinski definition) is 0. The van der Waals surface area contributed by atoms with Gasteiger partial charge in [-0.3, -0.25) is 0 Å². The summed E-state index contributed by atoms with van der Waals surface area (Å²) in [6.07, 6.45) is 0.181. The Bertz CT molecular complexity index is 91.4. The smallest absolute Gasteiger partial charge is 0.103 e. The lowest BCUT2D eigenvalue weighted by Gasteiger charge is -2.33. The molecule has 0 heterocycles. The zero-order valence-corrected chi connectivity index (χ0v) is 8.47. The molecular weight excluding hydrogens is 146 g/mol. The van der Waals surface area contributed by atoms with Crippen LogP contribution in [0, 0.1) is 5.41 Å². The van der Waals surface area contributed by atoms with Crippen molar-refractivity contribution in [3.63, 3.8) is 0 Å². The Morgan fingerprint density at radius 2 is 1.90 bits per heavy atom. The van der Waals surface area contributed by atoms with Gasteiger partial charge < -0.3 is 0 Å². The van der Waals surface area contributed by atoms with Gasteiger partial charge in [0.05, 0.1) is 0 Å². The van der Waals surface area contributed by atoms with Gasteiger partial charge in [-0.1, -0.05) is 20.8 Å². The van der Waals surface area contributed by atoms with E-state index < -0.39 is 6.17 Å². The van der Waals surface area contributed by atoms with Gasteiger partial charge in [0.2, 0.25) is 0 Å². The highest BCUT2D eigenvalue weighted by atomic mass is 31.0. The molecule has 2 heteroatoms. The van der Waals surface area contributed by atoms with E-state index in [0.29, 0.717) is 5.66 Å². The van der Waals surface area contributed by atoms with Crippen LogP contribution in [0.4, 0.5) is 4.39 Å². The molecule has 62 valence electrons. The molecule has 10 heavy (non-hydrogen) atoms. The summed E-state index contributed by atoms with van der Waals surface area (Å²) in [5.74, 6) is 0. The summed E-state index contributed by atoms with van der Waals surface area (Å²) < 4.78 is 13.0. The van der Waals surface area contributed by atoms with Crippen molar-refractivity contribution in [2.45, 2.75) is 45.9 Å². The summed E-state index contributed by atoms with van der Waals surface area (Å²) in [5.41, 5.74) is 0.183. The molecular formula is C8H18FP. The van der Waals surface area contributed by atoms with Gasteiger partial charge in [0.25, 0.3) is 0 Å². The quantitative estimate of drug-likeness (QED) is 0.562. The van der Waals surface area contributed by atoms with Gasteiger partial charge in [0, 0.05) is 5.41 Å². The molecule has 0 fully saturated rings. The number of halogens is 1. The molecule has 0 bridgehead atoms. The zero-order chi connectivity index (χ0) is 8.36. The van der Waals surface area contributed by atoms with Crippen LogP contribution in [0.1, 0.15) is 34.1 Å². The van der Waals surface area contributed by atoms with Crippen LogP contribution in [-0.4, -0.2) is 11.8 Å². The van der Waals surface area contributed by atoms with Crippen LogP contribution in [0.2, 0.25) is 0 Å². The van der Waals surface area contributed by atoms with Crippen molar-refractivity contribution in [3.05, 3.63) is 0 Å². The van der Waals surface area contributed by atoms with E-state index in [-0.39, 0.29) is 5.41 Å². The number of rotatable bonds is 3. The van der Waals surface area contributed by atoms with Crippen molar-refractivity contribution in [2.75, 3.05) is 0 Å². The first kappa shape index (κ1) is 10.4. The second kappa shape index (κ2) is 3.67. The Morgan fingerprint density at radius 3 is 1.90 bits per heavy atom. The van der Waals surface area contributed by atoms with Crippen molar-refractivity contribution < 1.29 is 4.39 Å². The third kappa shape index (κ3) is 1.92. The van der Waals surface area contributed by atoms with Gasteiger partial charge in [-0.25, -0.2) is 4.39 Å². The van der Waals surface area contributed by atoms with Crippen molar-refractivity contribution in [1.82, 2.24) is 0 Å². The predicted octanol–water partition coefficient (Wildman–Crippen LogP) is 3.02. The average molecular weight is 164 g/mol. The second-order valence-electron chi connectivity index (χ2n) is 3.26. The monoisotopic (exact) mass is 164 g/mol. The Morgan fingerprint density at radius 1 is 1.50 bits per heavy atom. The van der Waals surface area contributed by atoms with E-state index in [1.807, 2.05) is 20.8 Å². The highest BCUT2D eigenvalue weighted by Gasteiger charge is 2.32. The fourth-order valence-electron chi connectivity index (χ4n) is 0.966. The van der Waals surface area contributed by atoms with Crippen LogP contribution >= 0.6 is 9.24 Å². The molecule has 0 aromatic heterocycles. The lowest BCUT2D eigenvalue weighted by molar-refractivity contribution is 0.135. The minimum Gasteiger partial charge on any atom is -0.247 e. The van der Waals surface area contributed by atoms with E-state index in [4.69, 9.17) is 0 Å². The Labute approximate surface area is 65.8 Å². The van der Waals surface area contributed by atoms with Gasteiger partial charge >= 0.3 is 0 Å². The first-order valence-electron chi connectivity index (χ1n) is 3.84. The first-order valence-corrected chi connectivity index (χ1v) is 4.51. The fourth-order valence-corrected chi connectivity index (χ4v) is 1.47. The standard InChI is InChI=1S/C8H18FP/c1-5-8(4,6(2)9)7(3)10/h6-7H,5,10H2,1-4H3. The average Bonchev–Trinajstić information content (AvgIpc) is 1.85. The van der Waals surface area contributed by atoms with Crippen molar-refractivity contribution >= 4 is 9.24 Å². The molecule has 0 aromatic carbocycles. The molecule has 4 atom stereocenters. The van der Waals surface area contributed by atoms with Crippen LogP contribution < -0.4 is 0 Å². The molecule has 0 nitrogen and oxygen atoms in total. The molecule has 0 aromatic rings. The van der Waals surface area contributed by atoms with Crippen LogP contribution in [0.25, 0.3) is 0 Å². The van der Waals surface area contributed by atoms with Crippen molar-refractivity contribution in [2.24, 2.45) is 5.41 Å². The second-order valence-corrected chi connectivity index (χ2v) is 4.26. The normalized spacial score (nSPS) is 23.4. The summed E-state index contributed by atoms with van der Waals surface area (Å²) in [6.45, 7) is 7.72. The molecule has 0 saturated heterocycles. The summed E-state index contributed by atoms with van der Waals surface area (Å²) >= 11 is 0. The maximum atomic E-state index is 13.0. The lowest BCUT2D eigenvalue weighted by atomic mass is 9.80. The van der Waals surface area contributed by atoms with E-state index in [1.165, 1.54) is 0 Å². The predicted molar refractivity (Wildman–Crippen MR) is 48.1 cm³/mol. The summed E-state index contributed by atoms with van der Waals surface area (Å²) in [7, 11) is 2.68. The van der Waals surface area contributed by atoms with E-state index in [0.717, 1.165) is 6.42 Å². The van der Waals surface area contributed by atoms with Gasteiger partial charge in [0.15, 0.2) is 0 Å². The van der Waals surface area contributed by atoms with Gasteiger partial charge in [-0.15, -0.1) is 9.24 Å². The van der Waals surface area contributed by atoms with Crippen LogP contribution in [0.5, 0.6) is 0 Å². The van der Waals surface area contributed by atoms with Crippen molar-refractivity contribution in [3.8, 4) is 0 Å². The van der Waals surface area contributed by atoms with E-state index >= 15 is 0 Å². The molecule has 0 aliphatic heterocycles. The minimum atomic E-state index is -0.718. The third-order valence-corrected chi connectivity index (χ3v) is 3.47. The first-order chi connectivity index (χ1) is 4.45. The molecule has 0 aliphatic carbocycles. The molecule has 0 aliphatic rings. The largest absolute Gasteiger partial charge is 0.247 e. The van der Waals surface area contributed by atoms with Crippen LogP contribution in [-0.2, 0) is 0 Å². The third-order valence-electron chi connectivity index (χ3n) is 2.71. The van der Waals surface area contributed by atoms with Crippen LogP contribution in [0.3, 0.4) is 0 Å². The zero-order valence-electron chi connectivity index (χ0n) is 7.32. The summed E-state index contributed by atoms with van der Waals surface area (Å²) in [6, 6.07) is 0.